The second-order valence-electron chi connectivity index (χ2n) is 7.14. The lowest BCUT2D eigenvalue weighted by Crippen LogP contribution is -2.47. The number of ether oxygens (including phenoxy) is 2. The van der Waals surface area contributed by atoms with Gasteiger partial charge in [0.15, 0.2) is 0 Å². The highest BCUT2D eigenvalue weighted by Crippen LogP contribution is 2.54. The monoisotopic (exact) mass is 421 g/mol. The van der Waals surface area contributed by atoms with E-state index in [1.807, 2.05) is 6.07 Å². The molecule has 0 spiro atoms. The summed E-state index contributed by atoms with van der Waals surface area (Å²) in [5.74, 6) is 0.0465. The zero-order valence-corrected chi connectivity index (χ0v) is 17.1. The Morgan fingerprint density at radius 1 is 1.15 bits per heavy atom. The highest BCUT2D eigenvalue weighted by atomic mass is 79.9. The molecule has 140 valence electrons. The summed E-state index contributed by atoms with van der Waals surface area (Å²) < 4.78 is 11.2. The van der Waals surface area contributed by atoms with Crippen LogP contribution in [0.1, 0.15) is 37.0 Å². The molecule has 1 aromatic carbocycles. The molecule has 2 aliphatic carbocycles. The van der Waals surface area contributed by atoms with Crippen LogP contribution in [0.5, 0.6) is 5.75 Å². The fourth-order valence-electron chi connectivity index (χ4n) is 4.66. The first-order valence-electron chi connectivity index (χ1n) is 8.78. The van der Waals surface area contributed by atoms with Gasteiger partial charge in [0.05, 0.1) is 25.7 Å². The van der Waals surface area contributed by atoms with Crippen LogP contribution in [0.4, 0.5) is 0 Å². The van der Waals surface area contributed by atoms with Gasteiger partial charge in [-0.1, -0.05) is 27.1 Å². The molecule has 4 atom stereocenters. The Hall–Kier alpha value is -1.82. The van der Waals surface area contributed by atoms with Crippen molar-refractivity contribution in [1.82, 2.24) is 5.32 Å². The zero-order chi connectivity index (χ0) is 19.0. The van der Waals surface area contributed by atoms with Crippen LogP contribution in [0.2, 0.25) is 0 Å². The number of amides is 1. The van der Waals surface area contributed by atoms with E-state index in [1.165, 1.54) is 25.4 Å². The van der Waals surface area contributed by atoms with Gasteiger partial charge in [-0.3, -0.25) is 9.59 Å². The van der Waals surface area contributed by atoms with Gasteiger partial charge in [-0.15, -0.1) is 0 Å². The molecule has 2 fully saturated rings. The smallest absolute Gasteiger partial charge is 0.311 e. The Bertz CT molecular complexity index is 769. The van der Waals surface area contributed by atoms with Crippen molar-refractivity contribution in [2.75, 3.05) is 14.2 Å². The van der Waals surface area contributed by atoms with Gasteiger partial charge in [0.1, 0.15) is 5.75 Å². The summed E-state index contributed by atoms with van der Waals surface area (Å²) in [7, 11) is 2.95. The molecule has 26 heavy (non-hydrogen) atoms. The molecule has 0 heterocycles. The van der Waals surface area contributed by atoms with E-state index < -0.39 is 0 Å². The standard InChI is InChI=1S/C20H24BrNO4/c1-10(2)16-12-6-7-13(16)18(17(12)20(24)26-4)22-19(23)14-9-11(21)5-8-15(14)25-3/h5,8-9,12-13,17-18H,6-7H2,1-4H3,(H,22,23)/t12?,13?,17-,18+/m0/s1. The van der Waals surface area contributed by atoms with Gasteiger partial charge in [0.25, 0.3) is 5.91 Å². The minimum Gasteiger partial charge on any atom is -0.496 e. The van der Waals surface area contributed by atoms with Crippen LogP contribution in [0.3, 0.4) is 0 Å². The van der Waals surface area contributed by atoms with Crippen LogP contribution in [0.15, 0.2) is 33.8 Å². The predicted molar refractivity (Wildman–Crippen MR) is 102 cm³/mol. The number of hydrogen-bond acceptors (Lipinski definition) is 4. The van der Waals surface area contributed by atoms with Crippen molar-refractivity contribution in [2.45, 2.75) is 32.7 Å². The lowest BCUT2D eigenvalue weighted by atomic mass is 9.84. The largest absolute Gasteiger partial charge is 0.496 e. The Balaban J connectivity index is 1.93. The third kappa shape index (κ3) is 3.15. The van der Waals surface area contributed by atoms with E-state index in [4.69, 9.17) is 9.47 Å². The lowest BCUT2D eigenvalue weighted by molar-refractivity contribution is -0.147. The molecule has 0 aliphatic heterocycles. The molecular formula is C20H24BrNO4. The van der Waals surface area contributed by atoms with Crippen LogP contribution in [-0.2, 0) is 9.53 Å². The van der Waals surface area contributed by atoms with Gasteiger partial charge < -0.3 is 14.8 Å². The van der Waals surface area contributed by atoms with Crippen molar-refractivity contribution < 1.29 is 19.1 Å². The second kappa shape index (κ2) is 7.43. The summed E-state index contributed by atoms with van der Waals surface area (Å²) >= 11 is 3.40. The molecule has 0 saturated heterocycles. The quantitative estimate of drug-likeness (QED) is 0.594. The summed E-state index contributed by atoms with van der Waals surface area (Å²) in [6, 6.07) is 5.06. The third-order valence-corrected chi connectivity index (χ3v) is 6.09. The summed E-state index contributed by atoms with van der Waals surface area (Å²) in [5.41, 5.74) is 3.00. The first-order chi connectivity index (χ1) is 12.4. The van der Waals surface area contributed by atoms with E-state index in [0.29, 0.717) is 11.3 Å². The van der Waals surface area contributed by atoms with Crippen LogP contribution < -0.4 is 10.1 Å². The number of methoxy groups -OCH3 is 2. The molecule has 0 aromatic heterocycles. The number of halogens is 1. The number of fused-ring (bicyclic) bond motifs is 2. The summed E-state index contributed by atoms with van der Waals surface area (Å²) in [6.07, 6.45) is 1.96. The SMILES string of the molecule is COC(=O)[C@H]1C2CCC(C2=C(C)C)[C@H]1NC(=O)c1cc(Br)ccc1OC. The highest BCUT2D eigenvalue weighted by Gasteiger charge is 2.55. The Kier molecular flexibility index (Phi) is 5.42. The van der Waals surface area contributed by atoms with Crippen molar-refractivity contribution in [3.63, 3.8) is 0 Å². The van der Waals surface area contributed by atoms with Gasteiger partial charge in [-0.05, 0) is 50.8 Å². The summed E-state index contributed by atoms with van der Waals surface area (Å²) in [4.78, 5) is 25.4. The van der Waals surface area contributed by atoms with Crippen LogP contribution in [-0.4, -0.2) is 32.1 Å². The second-order valence-corrected chi connectivity index (χ2v) is 8.05. The average Bonchev–Trinajstić information content (AvgIpc) is 3.17. The minimum atomic E-state index is -0.328. The molecule has 1 amide bonds. The van der Waals surface area contributed by atoms with Gasteiger partial charge in [-0.25, -0.2) is 0 Å². The maximum atomic E-state index is 13.0. The number of carbonyl (C=O) groups excluding carboxylic acids is 2. The number of hydrogen-bond donors (Lipinski definition) is 1. The van der Waals surface area contributed by atoms with E-state index in [1.54, 1.807) is 12.1 Å². The topological polar surface area (TPSA) is 64.6 Å². The number of allylic oxidation sites excluding steroid dienone is 1. The van der Waals surface area contributed by atoms with E-state index >= 15 is 0 Å². The molecule has 3 rings (SSSR count). The van der Waals surface area contributed by atoms with E-state index in [9.17, 15) is 9.59 Å². The van der Waals surface area contributed by atoms with Crippen molar-refractivity contribution in [3.05, 3.63) is 39.4 Å². The molecule has 0 radical (unpaired) electrons. The van der Waals surface area contributed by atoms with Gasteiger partial charge in [0.2, 0.25) is 0 Å². The van der Waals surface area contributed by atoms with Crippen molar-refractivity contribution in [2.24, 2.45) is 17.8 Å². The van der Waals surface area contributed by atoms with E-state index in [-0.39, 0.29) is 35.7 Å². The fraction of sp³-hybridized carbons (Fsp3) is 0.500. The number of carbonyl (C=O) groups is 2. The van der Waals surface area contributed by atoms with Crippen molar-refractivity contribution in [3.8, 4) is 5.75 Å². The third-order valence-electron chi connectivity index (χ3n) is 5.60. The van der Waals surface area contributed by atoms with Crippen LogP contribution in [0, 0.1) is 17.8 Å². The molecule has 2 aliphatic rings. The molecule has 1 N–H and O–H groups in total. The molecule has 2 saturated carbocycles. The molecular weight excluding hydrogens is 398 g/mol. The lowest BCUT2D eigenvalue weighted by Gasteiger charge is -2.29. The van der Waals surface area contributed by atoms with Crippen molar-refractivity contribution in [1.29, 1.82) is 0 Å². The van der Waals surface area contributed by atoms with Gasteiger partial charge in [-0.2, -0.15) is 0 Å². The molecule has 2 unspecified atom stereocenters. The van der Waals surface area contributed by atoms with Crippen LogP contribution in [0.25, 0.3) is 0 Å². The Morgan fingerprint density at radius 2 is 1.85 bits per heavy atom. The van der Waals surface area contributed by atoms with Crippen molar-refractivity contribution >= 4 is 27.8 Å². The maximum Gasteiger partial charge on any atom is 0.311 e. The van der Waals surface area contributed by atoms with Crippen LogP contribution >= 0.6 is 15.9 Å². The fourth-order valence-corrected chi connectivity index (χ4v) is 5.02. The normalized spacial score (nSPS) is 26.6. The maximum absolute atomic E-state index is 13.0. The number of nitrogens with one attached hydrogen (secondary N) is 1. The minimum absolute atomic E-state index is 0.159. The van der Waals surface area contributed by atoms with Gasteiger partial charge >= 0.3 is 5.97 Å². The number of esters is 1. The number of benzene rings is 1. The first-order valence-corrected chi connectivity index (χ1v) is 9.57. The number of rotatable bonds is 4. The zero-order valence-electron chi connectivity index (χ0n) is 15.5. The molecule has 1 aromatic rings. The predicted octanol–water partition coefficient (Wildman–Crippen LogP) is 3.72. The summed E-state index contributed by atoms with van der Waals surface area (Å²) in [6.45, 7) is 4.16. The van der Waals surface area contributed by atoms with Gasteiger partial charge in [0, 0.05) is 16.4 Å². The molecule has 6 heteroatoms. The van der Waals surface area contributed by atoms with E-state index in [2.05, 4.69) is 35.1 Å². The Morgan fingerprint density at radius 3 is 2.46 bits per heavy atom. The summed E-state index contributed by atoms with van der Waals surface area (Å²) in [5, 5.41) is 3.10. The first kappa shape index (κ1) is 19.0. The average molecular weight is 422 g/mol. The van der Waals surface area contributed by atoms with E-state index in [0.717, 1.165) is 17.3 Å². The molecule has 2 bridgehead atoms. The Labute approximate surface area is 162 Å². The highest BCUT2D eigenvalue weighted by molar-refractivity contribution is 9.10. The molecule has 5 nitrogen and oxygen atoms in total.